The predicted molar refractivity (Wildman–Crippen MR) is 87.3 cm³/mol. The highest BCUT2D eigenvalue weighted by Gasteiger charge is 2.11. The molecule has 112 valence electrons. The zero-order valence-electron chi connectivity index (χ0n) is 12.8. The molecule has 1 N–H and O–H groups in total. The summed E-state index contributed by atoms with van der Waals surface area (Å²) in [5, 5.41) is 3.80. The summed E-state index contributed by atoms with van der Waals surface area (Å²) >= 11 is 6.19. The number of hydrogen-bond donors (Lipinski definition) is 1. The summed E-state index contributed by atoms with van der Waals surface area (Å²) in [7, 11) is 1.60. The molecule has 2 aromatic rings. The van der Waals surface area contributed by atoms with Crippen LogP contribution in [-0.2, 0) is 0 Å². The molecule has 0 radical (unpaired) electrons. The minimum atomic E-state index is 0.331. The summed E-state index contributed by atoms with van der Waals surface area (Å²) in [4.78, 5) is 9.18. The Balaban J connectivity index is 2.49. The molecular weight excluding hydrogens is 286 g/mol. The molecule has 0 atom stereocenters. The third-order valence-corrected chi connectivity index (χ3v) is 3.40. The Kier molecular flexibility index (Phi) is 5.02. The molecule has 1 aromatic carbocycles. The average Bonchev–Trinajstić information content (AvgIpc) is 2.47. The van der Waals surface area contributed by atoms with Crippen LogP contribution < -0.4 is 10.1 Å². The summed E-state index contributed by atoms with van der Waals surface area (Å²) in [6, 6.07) is 7.56. The van der Waals surface area contributed by atoms with E-state index in [1.807, 2.05) is 31.2 Å². The SMILES string of the molecule is CCNc1cc(C(C)C)nc(-c2ccc(OC)c(Cl)c2)n1. The molecule has 0 aliphatic rings. The van der Waals surface area contributed by atoms with Gasteiger partial charge in [0.2, 0.25) is 0 Å². The van der Waals surface area contributed by atoms with Crippen LogP contribution in [0.4, 0.5) is 5.82 Å². The van der Waals surface area contributed by atoms with Crippen LogP contribution in [0, 0.1) is 0 Å². The molecule has 0 saturated carbocycles. The Bertz CT molecular complexity index is 629. The highest BCUT2D eigenvalue weighted by molar-refractivity contribution is 6.32. The van der Waals surface area contributed by atoms with Gasteiger partial charge >= 0.3 is 0 Å². The van der Waals surface area contributed by atoms with Crippen LogP contribution in [0.2, 0.25) is 5.02 Å². The molecule has 1 aromatic heterocycles. The first-order chi connectivity index (χ1) is 10.0. The smallest absolute Gasteiger partial charge is 0.161 e. The normalized spacial score (nSPS) is 10.8. The first-order valence-corrected chi connectivity index (χ1v) is 7.39. The molecule has 0 unspecified atom stereocenters. The van der Waals surface area contributed by atoms with Crippen LogP contribution in [0.15, 0.2) is 24.3 Å². The zero-order chi connectivity index (χ0) is 15.4. The van der Waals surface area contributed by atoms with E-state index in [0.717, 1.165) is 23.6 Å². The first-order valence-electron chi connectivity index (χ1n) is 7.02. The van der Waals surface area contributed by atoms with Crippen LogP contribution in [0.3, 0.4) is 0 Å². The number of ether oxygens (including phenoxy) is 1. The van der Waals surface area contributed by atoms with Crippen molar-refractivity contribution in [3.8, 4) is 17.1 Å². The van der Waals surface area contributed by atoms with Gasteiger partial charge in [-0.1, -0.05) is 25.4 Å². The van der Waals surface area contributed by atoms with Crippen molar-refractivity contribution in [1.82, 2.24) is 9.97 Å². The second-order valence-electron chi connectivity index (χ2n) is 5.04. The number of anilines is 1. The lowest BCUT2D eigenvalue weighted by molar-refractivity contribution is 0.415. The molecule has 2 rings (SSSR count). The molecule has 0 fully saturated rings. The van der Waals surface area contributed by atoms with Crippen molar-refractivity contribution >= 4 is 17.4 Å². The van der Waals surface area contributed by atoms with Gasteiger partial charge in [-0.15, -0.1) is 0 Å². The molecule has 5 heteroatoms. The number of rotatable bonds is 5. The maximum Gasteiger partial charge on any atom is 0.161 e. The van der Waals surface area contributed by atoms with Gasteiger partial charge < -0.3 is 10.1 Å². The van der Waals surface area contributed by atoms with Gasteiger partial charge in [-0.25, -0.2) is 9.97 Å². The number of aromatic nitrogens is 2. The van der Waals surface area contributed by atoms with Crippen LogP contribution in [0.1, 0.15) is 32.4 Å². The first kappa shape index (κ1) is 15.6. The molecule has 0 aliphatic carbocycles. The lowest BCUT2D eigenvalue weighted by Crippen LogP contribution is -2.05. The molecule has 0 spiro atoms. The van der Waals surface area contributed by atoms with Gasteiger partial charge in [-0.3, -0.25) is 0 Å². The van der Waals surface area contributed by atoms with Crippen molar-refractivity contribution in [3.05, 3.63) is 35.0 Å². The van der Waals surface area contributed by atoms with Gasteiger partial charge in [0.1, 0.15) is 11.6 Å². The lowest BCUT2D eigenvalue weighted by atomic mass is 10.1. The summed E-state index contributed by atoms with van der Waals surface area (Å²) in [6.07, 6.45) is 0. The molecule has 0 aliphatic heterocycles. The van der Waals surface area contributed by atoms with Gasteiger partial charge in [0, 0.05) is 23.9 Å². The minimum Gasteiger partial charge on any atom is -0.495 e. The molecule has 4 nitrogen and oxygen atoms in total. The number of nitrogens with one attached hydrogen (secondary N) is 1. The predicted octanol–water partition coefficient (Wildman–Crippen LogP) is 4.36. The Morgan fingerprint density at radius 1 is 1.24 bits per heavy atom. The standard InChI is InChI=1S/C16H20ClN3O/c1-5-18-15-9-13(10(2)3)19-16(20-15)11-6-7-14(21-4)12(17)8-11/h6-10H,5H2,1-4H3,(H,18,19,20). The minimum absolute atomic E-state index is 0.331. The van der Waals surface area contributed by atoms with Crippen molar-refractivity contribution in [2.45, 2.75) is 26.7 Å². The van der Waals surface area contributed by atoms with E-state index in [-0.39, 0.29) is 0 Å². The maximum atomic E-state index is 6.19. The van der Waals surface area contributed by atoms with Crippen molar-refractivity contribution in [1.29, 1.82) is 0 Å². The van der Waals surface area contributed by atoms with Crippen LogP contribution >= 0.6 is 11.6 Å². The highest BCUT2D eigenvalue weighted by atomic mass is 35.5. The summed E-state index contributed by atoms with van der Waals surface area (Å²) in [5.41, 5.74) is 1.88. The third kappa shape index (κ3) is 3.64. The Morgan fingerprint density at radius 3 is 2.57 bits per heavy atom. The van der Waals surface area contributed by atoms with Crippen LogP contribution in [0.5, 0.6) is 5.75 Å². The number of nitrogens with zero attached hydrogens (tertiary/aromatic N) is 2. The largest absolute Gasteiger partial charge is 0.495 e. The third-order valence-electron chi connectivity index (χ3n) is 3.11. The Labute approximate surface area is 130 Å². The summed E-state index contributed by atoms with van der Waals surface area (Å²) in [6.45, 7) is 7.09. The van der Waals surface area contributed by atoms with E-state index in [1.54, 1.807) is 7.11 Å². The van der Waals surface area contributed by atoms with Gasteiger partial charge in [0.25, 0.3) is 0 Å². The Morgan fingerprint density at radius 2 is 2.00 bits per heavy atom. The molecule has 0 amide bonds. The molecule has 0 saturated heterocycles. The monoisotopic (exact) mass is 305 g/mol. The van der Waals surface area contributed by atoms with Crippen molar-refractivity contribution in [2.24, 2.45) is 0 Å². The lowest BCUT2D eigenvalue weighted by Gasteiger charge is -2.12. The number of hydrogen-bond acceptors (Lipinski definition) is 4. The Hall–Kier alpha value is -1.81. The number of benzene rings is 1. The fourth-order valence-electron chi connectivity index (χ4n) is 1.97. The van der Waals surface area contributed by atoms with Crippen molar-refractivity contribution in [2.75, 3.05) is 19.0 Å². The fourth-order valence-corrected chi connectivity index (χ4v) is 2.23. The van der Waals surface area contributed by atoms with E-state index >= 15 is 0 Å². The summed E-state index contributed by atoms with van der Waals surface area (Å²) < 4.78 is 5.17. The van der Waals surface area contributed by atoms with Crippen molar-refractivity contribution < 1.29 is 4.74 Å². The maximum absolute atomic E-state index is 6.19. The second-order valence-corrected chi connectivity index (χ2v) is 5.44. The van der Waals surface area contributed by atoms with E-state index in [9.17, 15) is 0 Å². The molecule has 0 bridgehead atoms. The number of halogens is 1. The van der Waals surface area contributed by atoms with Crippen LogP contribution in [-0.4, -0.2) is 23.6 Å². The highest BCUT2D eigenvalue weighted by Crippen LogP contribution is 2.30. The number of methoxy groups -OCH3 is 1. The average molecular weight is 306 g/mol. The van der Waals surface area contributed by atoms with E-state index in [2.05, 4.69) is 29.1 Å². The topological polar surface area (TPSA) is 47.0 Å². The van der Waals surface area contributed by atoms with Crippen molar-refractivity contribution in [3.63, 3.8) is 0 Å². The summed E-state index contributed by atoms with van der Waals surface area (Å²) in [5.74, 6) is 2.48. The molecule has 1 heterocycles. The zero-order valence-corrected chi connectivity index (χ0v) is 13.5. The van der Waals surface area contributed by atoms with Gasteiger partial charge in [-0.2, -0.15) is 0 Å². The van der Waals surface area contributed by atoms with E-state index in [4.69, 9.17) is 16.3 Å². The molecule has 21 heavy (non-hydrogen) atoms. The van der Waals surface area contributed by atoms with Gasteiger partial charge in [0.05, 0.1) is 12.1 Å². The van der Waals surface area contributed by atoms with E-state index in [0.29, 0.717) is 22.5 Å². The fraction of sp³-hybridized carbons (Fsp3) is 0.375. The van der Waals surface area contributed by atoms with Gasteiger partial charge in [0.15, 0.2) is 5.82 Å². The van der Waals surface area contributed by atoms with Gasteiger partial charge in [-0.05, 0) is 31.0 Å². The second kappa shape index (κ2) is 6.76. The quantitative estimate of drug-likeness (QED) is 0.891. The molecular formula is C16H20ClN3O. The van der Waals surface area contributed by atoms with E-state index < -0.39 is 0 Å². The van der Waals surface area contributed by atoms with E-state index in [1.165, 1.54) is 0 Å². The van der Waals surface area contributed by atoms with Crippen LogP contribution in [0.25, 0.3) is 11.4 Å².